The summed E-state index contributed by atoms with van der Waals surface area (Å²) in [7, 11) is 0. The Hall–Kier alpha value is -2.04. The lowest BCUT2D eigenvalue weighted by Crippen LogP contribution is -2.32. The number of aromatic amines is 1. The summed E-state index contributed by atoms with van der Waals surface area (Å²) in [6.45, 7) is 0.873. The number of nitrogens with zero attached hydrogens (tertiary/aromatic N) is 2. The molecule has 0 radical (unpaired) electrons. The molecule has 2 heterocycles. The number of hydrogen-bond donors (Lipinski definition) is 2. The van der Waals surface area contributed by atoms with Gasteiger partial charge in [-0.1, -0.05) is 12.1 Å². The number of carbonyl (C=O) groups is 1. The SMILES string of the molecule is O=C(O)CC1CCCN1c1nc2ccccc2[nH]1. The zero-order chi connectivity index (χ0) is 12.5. The Balaban J connectivity index is 1.90. The largest absolute Gasteiger partial charge is 0.481 e. The molecule has 94 valence electrons. The van der Waals surface area contributed by atoms with Gasteiger partial charge in [0.25, 0.3) is 0 Å². The first-order valence-electron chi connectivity index (χ1n) is 6.17. The topological polar surface area (TPSA) is 69.2 Å². The van der Waals surface area contributed by atoms with Crippen molar-refractivity contribution in [2.45, 2.75) is 25.3 Å². The molecule has 1 aliphatic heterocycles. The van der Waals surface area contributed by atoms with Gasteiger partial charge < -0.3 is 15.0 Å². The fourth-order valence-electron chi connectivity index (χ4n) is 2.60. The van der Waals surface area contributed by atoms with Crippen molar-refractivity contribution < 1.29 is 9.90 Å². The van der Waals surface area contributed by atoms with Crippen molar-refractivity contribution in [1.82, 2.24) is 9.97 Å². The maximum Gasteiger partial charge on any atom is 0.305 e. The highest BCUT2D eigenvalue weighted by atomic mass is 16.4. The molecule has 1 aromatic heterocycles. The van der Waals surface area contributed by atoms with Gasteiger partial charge in [0.05, 0.1) is 17.5 Å². The van der Waals surface area contributed by atoms with E-state index in [4.69, 9.17) is 5.11 Å². The first-order chi connectivity index (χ1) is 8.74. The molecule has 2 N–H and O–H groups in total. The quantitative estimate of drug-likeness (QED) is 0.867. The van der Waals surface area contributed by atoms with Gasteiger partial charge in [-0.2, -0.15) is 0 Å². The van der Waals surface area contributed by atoms with Gasteiger partial charge in [-0.15, -0.1) is 0 Å². The molecule has 3 rings (SSSR count). The highest BCUT2D eigenvalue weighted by molar-refractivity contribution is 5.77. The van der Waals surface area contributed by atoms with Crippen LogP contribution in [-0.2, 0) is 4.79 Å². The van der Waals surface area contributed by atoms with Crippen molar-refractivity contribution in [2.75, 3.05) is 11.4 Å². The molecular weight excluding hydrogens is 230 g/mol. The Labute approximate surface area is 104 Å². The fraction of sp³-hybridized carbons (Fsp3) is 0.385. The van der Waals surface area contributed by atoms with Crippen LogP contribution in [0.4, 0.5) is 5.95 Å². The lowest BCUT2D eigenvalue weighted by Gasteiger charge is -2.22. The van der Waals surface area contributed by atoms with Gasteiger partial charge in [0.1, 0.15) is 0 Å². The molecule has 1 fully saturated rings. The summed E-state index contributed by atoms with van der Waals surface area (Å²) in [5.41, 5.74) is 1.92. The molecule has 1 atom stereocenters. The van der Waals surface area contributed by atoms with Gasteiger partial charge in [-0.05, 0) is 25.0 Å². The van der Waals surface area contributed by atoms with Crippen molar-refractivity contribution in [3.63, 3.8) is 0 Å². The highest BCUT2D eigenvalue weighted by Crippen LogP contribution is 2.26. The molecule has 1 unspecified atom stereocenters. The molecule has 5 heteroatoms. The lowest BCUT2D eigenvalue weighted by molar-refractivity contribution is -0.137. The second kappa shape index (κ2) is 4.33. The van der Waals surface area contributed by atoms with E-state index < -0.39 is 5.97 Å². The predicted octanol–water partition coefficient (Wildman–Crippen LogP) is 2.01. The number of hydrogen-bond acceptors (Lipinski definition) is 3. The highest BCUT2D eigenvalue weighted by Gasteiger charge is 2.28. The van der Waals surface area contributed by atoms with Crippen molar-refractivity contribution in [1.29, 1.82) is 0 Å². The smallest absolute Gasteiger partial charge is 0.305 e. The van der Waals surface area contributed by atoms with Crippen molar-refractivity contribution in [3.8, 4) is 0 Å². The van der Waals surface area contributed by atoms with E-state index in [1.807, 2.05) is 24.3 Å². The zero-order valence-electron chi connectivity index (χ0n) is 9.97. The van der Waals surface area contributed by atoms with E-state index in [1.165, 1.54) is 0 Å². The Kier molecular flexibility index (Phi) is 2.66. The maximum atomic E-state index is 10.8. The van der Waals surface area contributed by atoms with Crippen LogP contribution in [0.25, 0.3) is 11.0 Å². The van der Waals surface area contributed by atoms with Crippen molar-refractivity contribution in [2.24, 2.45) is 0 Å². The van der Waals surface area contributed by atoms with Gasteiger partial charge in [-0.25, -0.2) is 4.98 Å². The first-order valence-corrected chi connectivity index (χ1v) is 6.17. The van der Waals surface area contributed by atoms with Crippen LogP contribution >= 0.6 is 0 Å². The van der Waals surface area contributed by atoms with Crippen LogP contribution in [0.3, 0.4) is 0 Å². The molecule has 0 bridgehead atoms. The molecule has 5 nitrogen and oxygen atoms in total. The number of carboxylic acids is 1. The average Bonchev–Trinajstić information content (AvgIpc) is 2.93. The van der Waals surface area contributed by atoms with E-state index in [1.54, 1.807) is 0 Å². The summed E-state index contributed by atoms with van der Waals surface area (Å²) < 4.78 is 0. The Bertz CT molecular complexity index is 545. The number of aliphatic carboxylic acids is 1. The minimum atomic E-state index is -0.747. The van der Waals surface area contributed by atoms with Crippen LogP contribution in [-0.4, -0.2) is 33.6 Å². The normalized spacial score (nSPS) is 19.6. The third kappa shape index (κ3) is 1.92. The summed E-state index contributed by atoms with van der Waals surface area (Å²) >= 11 is 0. The van der Waals surface area contributed by atoms with Gasteiger partial charge in [0.15, 0.2) is 0 Å². The number of aromatic nitrogens is 2. The van der Waals surface area contributed by atoms with Gasteiger partial charge >= 0.3 is 5.97 Å². The van der Waals surface area contributed by atoms with Gasteiger partial charge in [-0.3, -0.25) is 4.79 Å². The van der Waals surface area contributed by atoms with E-state index in [0.717, 1.165) is 36.4 Å². The van der Waals surface area contributed by atoms with Crippen LogP contribution < -0.4 is 4.90 Å². The molecule has 0 saturated carbocycles. The molecule has 1 saturated heterocycles. The second-order valence-corrected chi connectivity index (χ2v) is 4.66. The number of nitrogens with one attached hydrogen (secondary N) is 1. The van der Waals surface area contributed by atoms with Crippen molar-refractivity contribution >= 4 is 23.0 Å². The molecule has 1 aromatic carbocycles. The second-order valence-electron chi connectivity index (χ2n) is 4.66. The number of benzene rings is 1. The zero-order valence-corrected chi connectivity index (χ0v) is 9.97. The molecule has 0 spiro atoms. The number of para-hydroxylation sites is 2. The molecule has 0 amide bonds. The summed E-state index contributed by atoms with van der Waals surface area (Å²) in [4.78, 5) is 20.7. The fourth-order valence-corrected chi connectivity index (χ4v) is 2.60. The van der Waals surface area contributed by atoms with E-state index in [0.29, 0.717) is 0 Å². The summed E-state index contributed by atoms with van der Waals surface area (Å²) in [5.74, 6) is 0.0444. The number of rotatable bonds is 3. The van der Waals surface area contributed by atoms with E-state index in [-0.39, 0.29) is 12.5 Å². The van der Waals surface area contributed by atoms with Crippen LogP contribution in [0.15, 0.2) is 24.3 Å². The lowest BCUT2D eigenvalue weighted by atomic mass is 10.1. The maximum absolute atomic E-state index is 10.8. The number of carboxylic acid groups (broad SMARTS) is 1. The summed E-state index contributed by atoms with van der Waals surface area (Å²) in [5, 5.41) is 8.92. The standard InChI is InChI=1S/C13H15N3O2/c17-12(18)8-9-4-3-7-16(9)13-14-10-5-1-2-6-11(10)15-13/h1-2,5-6,9H,3-4,7-8H2,(H,14,15)(H,17,18). The molecule has 2 aromatic rings. The Morgan fingerprint density at radius 3 is 3.11 bits per heavy atom. The molecule has 18 heavy (non-hydrogen) atoms. The minimum absolute atomic E-state index is 0.0584. The van der Waals surface area contributed by atoms with Crippen LogP contribution in [0, 0.1) is 0 Å². The number of imidazole rings is 1. The Morgan fingerprint density at radius 2 is 2.33 bits per heavy atom. The molecule has 1 aliphatic rings. The summed E-state index contributed by atoms with van der Waals surface area (Å²) in [6.07, 6.45) is 2.12. The average molecular weight is 245 g/mol. The van der Waals surface area contributed by atoms with Crippen LogP contribution in [0.2, 0.25) is 0 Å². The third-order valence-electron chi connectivity index (χ3n) is 3.44. The van der Waals surface area contributed by atoms with E-state index in [9.17, 15) is 4.79 Å². The van der Waals surface area contributed by atoms with Crippen LogP contribution in [0.5, 0.6) is 0 Å². The number of H-pyrrole nitrogens is 1. The minimum Gasteiger partial charge on any atom is -0.481 e. The number of anilines is 1. The third-order valence-corrected chi connectivity index (χ3v) is 3.44. The van der Waals surface area contributed by atoms with Crippen LogP contribution in [0.1, 0.15) is 19.3 Å². The number of fused-ring (bicyclic) bond motifs is 1. The van der Waals surface area contributed by atoms with Crippen molar-refractivity contribution in [3.05, 3.63) is 24.3 Å². The Morgan fingerprint density at radius 1 is 1.50 bits per heavy atom. The van der Waals surface area contributed by atoms with E-state index in [2.05, 4.69) is 14.9 Å². The predicted molar refractivity (Wildman–Crippen MR) is 68.7 cm³/mol. The first kappa shape index (κ1) is 11.1. The van der Waals surface area contributed by atoms with Gasteiger partial charge in [0.2, 0.25) is 5.95 Å². The molecular formula is C13H15N3O2. The molecule has 0 aliphatic carbocycles. The summed E-state index contributed by atoms with van der Waals surface area (Å²) in [6, 6.07) is 7.91. The monoisotopic (exact) mass is 245 g/mol. The van der Waals surface area contributed by atoms with Gasteiger partial charge in [0, 0.05) is 12.6 Å². The van der Waals surface area contributed by atoms with E-state index >= 15 is 0 Å².